The highest BCUT2D eigenvalue weighted by molar-refractivity contribution is 9.12. The van der Waals surface area contributed by atoms with Gasteiger partial charge in [-0.05, 0) is 75.0 Å². The van der Waals surface area contributed by atoms with Gasteiger partial charge in [-0.15, -0.1) is 22.7 Å². The van der Waals surface area contributed by atoms with E-state index in [1.165, 1.54) is 22.9 Å². The van der Waals surface area contributed by atoms with Gasteiger partial charge >= 0.3 is 0 Å². The summed E-state index contributed by atoms with van der Waals surface area (Å²) < 4.78 is 2.41. The Morgan fingerprint density at radius 1 is 1.15 bits per heavy atom. The van der Waals surface area contributed by atoms with Crippen LogP contribution in [0.25, 0.3) is 0 Å². The lowest BCUT2D eigenvalue weighted by molar-refractivity contribution is 0.532. The molecule has 2 aromatic heterocycles. The summed E-state index contributed by atoms with van der Waals surface area (Å²) in [5.41, 5.74) is 1.36. The van der Waals surface area contributed by atoms with Crippen LogP contribution in [0, 0.1) is 0 Å². The van der Waals surface area contributed by atoms with E-state index in [0.717, 1.165) is 25.8 Å². The van der Waals surface area contributed by atoms with E-state index in [9.17, 15) is 0 Å². The van der Waals surface area contributed by atoms with E-state index in [-0.39, 0.29) is 0 Å². The molecule has 1 nitrogen and oxygen atoms in total. The lowest BCUT2D eigenvalue weighted by atomic mass is 10.1. The van der Waals surface area contributed by atoms with Crippen LogP contribution in [0.4, 0.5) is 0 Å². The molecule has 0 radical (unpaired) electrons. The van der Waals surface area contributed by atoms with Crippen LogP contribution in [0.3, 0.4) is 0 Å². The fraction of sp³-hybridized carbons (Fsp3) is 0.467. The Kier molecular flexibility index (Phi) is 6.75. The molecule has 2 heterocycles. The van der Waals surface area contributed by atoms with Crippen molar-refractivity contribution in [2.24, 2.45) is 0 Å². The maximum Gasteiger partial charge on any atom is 0.0758 e. The average molecular weight is 437 g/mol. The molecule has 0 spiro atoms. The number of thiophene rings is 2. The fourth-order valence-corrected chi connectivity index (χ4v) is 6.10. The van der Waals surface area contributed by atoms with Crippen LogP contribution >= 0.6 is 54.5 Å². The van der Waals surface area contributed by atoms with E-state index >= 15 is 0 Å². The molecule has 1 N–H and O–H groups in total. The van der Waals surface area contributed by atoms with Gasteiger partial charge < -0.3 is 5.32 Å². The second kappa shape index (κ2) is 8.08. The van der Waals surface area contributed by atoms with Crippen LogP contribution in [0.5, 0.6) is 0 Å². The Morgan fingerprint density at radius 3 is 2.45 bits per heavy atom. The summed E-state index contributed by atoms with van der Waals surface area (Å²) in [6.45, 7) is 5.48. The first kappa shape index (κ1) is 16.7. The summed E-state index contributed by atoms with van der Waals surface area (Å²) in [5, 5.41) is 3.68. The van der Waals surface area contributed by atoms with Crippen molar-refractivity contribution in [3.63, 3.8) is 0 Å². The van der Waals surface area contributed by atoms with Crippen molar-refractivity contribution >= 4 is 54.5 Å². The van der Waals surface area contributed by atoms with Crippen molar-refractivity contribution in [1.82, 2.24) is 5.32 Å². The van der Waals surface area contributed by atoms with Crippen LogP contribution < -0.4 is 5.32 Å². The van der Waals surface area contributed by atoms with E-state index in [1.54, 1.807) is 11.3 Å². The SMILES string of the molecule is CCCNC(Cc1ccc(CC)s1)c1cc(Br)sc1Br. The Bertz CT molecular complexity index is 548. The third-order valence-electron chi connectivity index (χ3n) is 3.17. The van der Waals surface area contributed by atoms with Crippen LogP contribution in [0.1, 0.15) is 41.6 Å². The second-order valence-corrected chi connectivity index (χ2v) is 9.71. The Balaban J connectivity index is 2.16. The minimum absolute atomic E-state index is 0.384. The molecule has 0 aromatic carbocycles. The number of hydrogen-bond donors (Lipinski definition) is 1. The van der Waals surface area contributed by atoms with Gasteiger partial charge in [0.25, 0.3) is 0 Å². The summed E-state index contributed by atoms with van der Waals surface area (Å²) in [5.74, 6) is 0. The van der Waals surface area contributed by atoms with Crippen LogP contribution in [0.2, 0.25) is 0 Å². The maximum atomic E-state index is 3.69. The molecule has 0 fully saturated rings. The van der Waals surface area contributed by atoms with Crippen LogP contribution in [-0.4, -0.2) is 6.54 Å². The smallest absolute Gasteiger partial charge is 0.0758 e. The molecule has 1 unspecified atom stereocenters. The van der Waals surface area contributed by atoms with Gasteiger partial charge in [0, 0.05) is 22.2 Å². The van der Waals surface area contributed by atoms with Crippen LogP contribution in [0.15, 0.2) is 25.8 Å². The Labute approximate surface area is 146 Å². The lowest BCUT2D eigenvalue weighted by Gasteiger charge is -2.17. The summed E-state index contributed by atoms with van der Waals surface area (Å²) in [4.78, 5) is 2.93. The molecular weight excluding hydrogens is 418 g/mol. The van der Waals surface area contributed by atoms with E-state index in [1.807, 2.05) is 11.3 Å². The molecule has 0 bridgehead atoms. The molecule has 2 aromatic rings. The topological polar surface area (TPSA) is 12.0 Å². The summed E-state index contributed by atoms with van der Waals surface area (Å²) in [7, 11) is 0. The van der Waals surface area contributed by atoms with E-state index in [2.05, 4.69) is 69.2 Å². The van der Waals surface area contributed by atoms with Gasteiger partial charge in [0.15, 0.2) is 0 Å². The molecular formula is C15H19Br2NS2. The van der Waals surface area contributed by atoms with Crippen molar-refractivity contribution in [2.75, 3.05) is 6.54 Å². The molecule has 2 rings (SSSR count). The largest absolute Gasteiger partial charge is 0.310 e. The fourth-order valence-electron chi connectivity index (χ4n) is 2.12. The molecule has 0 aliphatic heterocycles. The van der Waals surface area contributed by atoms with Crippen molar-refractivity contribution < 1.29 is 0 Å². The summed E-state index contributed by atoms with van der Waals surface area (Å²) in [6, 6.07) is 7.15. The van der Waals surface area contributed by atoms with Crippen molar-refractivity contribution in [2.45, 2.75) is 39.2 Å². The second-order valence-electron chi connectivity index (χ2n) is 4.71. The van der Waals surface area contributed by atoms with E-state index in [0.29, 0.717) is 6.04 Å². The molecule has 0 aliphatic carbocycles. The zero-order valence-electron chi connectivity index (χ0n) is 11.7. The first-order valence-electron chi connectivity index (χ1n) is 6.89. The monoisotopic (exact) mass is 435 g/mol. The van der Waals surface area contributed by atoms with E-state index in [4.69, 9.17) is 0 Å². The van der Waals surface area contributed by atoms with Crippen molar-refractivity contribution in [3.8, 4) is 0 Å². The zero-order chi connectivity index (χ0) is 14.5. The number of hydrogen-bond acceptors (Lipinski definition) is 3. The first-order chi connectivity index (χ1) is 9.63. The van der Waals surface area contributed by atoms with Crippen molar-refractivity contribution in [3.05, 3.63) is 41.1 Å². The molecule has 0 aliphatic rings. The maximum absolute atomic E-state index is 3.69. The molecule has 1 atom stereocenters. The molecule has 110 valence electrons. The summed E-state index contributed by atoms with van der Waals surface area (Å²) in [6.07, 6.45) is 3.35. The Hall–Kier alpha value is 0.320. The molecule has 0 saturated heterocycles. The molecule has 20 heavy (non-hydrogen) atoms. The normalized spacial score (nSPS) is 12.8. The molecule has 0 saturated carbocycles. The Morgan fingerprint density at radius 2 is 1.90 bits per heavy atom. The number of rotatable bonds is 7. The average Bonchev–Trinajstić information content (AvgIpc) is 3.01. The minimum atomic E-state index is 0.384. The predicted molar refractivity (Wildman–Crippen MR) is 98.2 cm³/mol. The number of halogens is 2. The standard InChI is InChI=1S/C15H19Br2NS2/c1-3-7-18-13(12-9-14(16)20-15(12)17)8-11-6-5-10(4-2)19-11/h5-6,9,13,18H,3-4,7-8H2,1-2H3. The van der Waals surface area contributed by atoms with Gasteiger partial charge in [-0.2, -0.15) is 0 Å². The number of aryl methyl sites for hydroxylation is 1. The van der Waals surface area contributed by atoms with Gasteiger partial charge in [0.1, 0.15) is 0 Å². The van der Waals surface area contributed by atoms with Gasteiger partial charge in [-0.25, -0.2) is 0 Å². The highest BCUT2D eigenvalue weighted by Gasteiger charge is 2.18. The van der Waals surface area contributed by atoms with Gasteiger partial charge in [0.05, 0.1) is 7.57 Å². The van der Waals surface area contributed by atoms with Crippen molar-refractivity contribution in [1.29, 1.82) is 0 Å². The number of nitrogens with one attached hydrogen (secondary N) is 1. The summed E-state index contributed by atoms with van der Waals surface area (Å²) >= 11 is 11.0. The van der Waals surface area contributed by atoms with Gasteiger partial charge in [0.2, 0.25) is 0 Å². The van der Waals surface area contributed by atoms with Crippen LogP contribution in [-0.2, 0) is 12.8 Å². The molecule has 5 heteroatoms. The van der Waals surface area contributed by atoms with E-state index < -0.39 is 0 Å². The third kappa shape index (κ3) is 4.41. The first-order valence-corrected chi connectivity index (χ1v) is 10.1. The highest BCUT2D eigenvalue weighted by atomic mass is 79.9. The van der Waals surface area contributed by atoms with Gasteiger partial charge in [-0.1, -0.05) is 13.8 Å². The highest BCUT2D eigenvalue weighted by Crippen LogP contribution is 2.37. The zero-order valence-corrected chi connectivity index (χ0v) is 16.5. The predicted octanol–water partition coefficient (Wildman–Crippen LogP) is 6.18. The van der Waals surface area contributed by atoms with Gasteiger partial charge in [-0.3, -0.25) is 0 Å². The minimum Gasteiger partial charge on any atom is -0.310 e. The third-order valence-corrected chi connectivity index (χ3v) is 6.81. The lowest BCUT2D eigenvalue weighted by Crippen LogP contribution is -2.23. The quantitative estimate of drug-likeness (QED) is 0.546. The molecule has 0 amide bonds.